The molecule has 1 aliphatic heterocycles. The van der Waals surface area contributed by atoms with E-state index >= 15 is 0 Å². The maximum Gasteiger partial charge on any atom is 0.253 e. The van der Waals surface area contributed by atoms with Gasteiger partial charge in [-0.1, -0.05) is 29.3 Å². The van der Waals surface area contributed by atoms with Gasteiger partial charge in [0.15, 0.2) is 5.75 Å². The van der Waals surface area contributed by atoms with Crippen molar-refractivity contribution in [3.63, 3.8) is 0 Å². The predicted octanol–water partition coefficient (Wildman–Crippen LogP) is 3.65. The minimum Gasteiger partial charge on any atom is -0.494 e. The van der Waals surface area contributed by atoms with E-state index in [1.165, 1.54) is 30.6 Å². The van der Waals surface area contributed by atoms with Gasteiger partial charge in [-0.25, -0.2) is 13.1 Å². The number of carbonyl (C=O) groups is 1. The lowest BCUT2D eigenvalue weighted by molar-refractivity contribution is 0.0711. The van der Waals surface area contributed by atoms with Gasteiger partial charge in [0.2, 0.25) is 10.0 Å². The number of thiophene rings is 1. The van der Waals surface area contributed by atoms with Crippen molar-refractivity contribution in [2.24, 2.45) is 0 Å². The van der Waals surface area contributed by atoms with Crippen LogP contribution < -0.4 is 9.46 Å². The lowest BCUT2D eigenvalue weighted by atomic mass is 10.0. The summed E-state index contributed by atoms with van der Waals surface area (Å²) in [7, 11) is -2.05. The Morgan fingerprint density at radius 2 is 1.89 bits per heavy atom. The minimum absolute atomic E-state index is 0.194. The summed E-state index contributed by atoms with van der Waals surface area (Å²) in [5.74, 6) is 0.137. The van der Waals surface area contributed by atoms with Gasteiger partial charge in [-0.15, -0.1) is 11.3 Å². The summed E-state index contributed by atoms with van der Waals surface area (Å²) in [5, 5.41) is 2.26. The maximum atomic E-state index is 12.7. The summed E-state index contributed by atoms with van der Waals surface area (Å²) in [4.78, 5) is 14.4. The second kappa shape index (κ2) is 8.36. The van der Waals surface area contributed by atoms with Crippen molar-refractivity contribution < 1.29 is 17.9 Å². The Morgan fingerprint density at radius 1 is 1.26 bits per heavy atom. The molecule has 27 heavy (non-hydrogen) atoms. The molecule has 1 saturated heterocycles. The van der Waals surface area contributed by atoms with E-state index in [2.05, 4.69) is 4.72 Å². The molecule has 0 aliphatic carbocycles. The third-order valence-electron chi connectivity index (χ3n) is 4.31. The molecule has 2 heterocycles. The van der Waals surface area contributed by atoms with Crippen molar-refractivity contribution in [1.82, 2.24) is 9.62 Å². The van der Waals surface area contributed by atoms with Crippen molar-refractivity contribution in [2.75, 3.05) is 20.2 Å². The van der Waals surface area contributed by atoms with Gasteiger partial charge < -0.3 is 9.64 Å². The number of rotatable bonds is 5. The molecule has 3 rings (SSSR count). The first kappa shape index (κ1) is 20.4. The molecule has 1 N–H and O–H groups in total. The molecule has 0 saturated carbocycles. The van der Waals surface area contributed by atoms with E-state index in [0.29, 0.717) is 41.5 Å². The molecule has 2 aromatic rings. The van der Waals surface area contributed by atoms with Gasteiger partial charge in [-0.2, -0.15) is 0 Å². The van der Waals surface area contributed by atoms with Crippen LogP contribution in [0.4, 0.5) is 0 Å². The van der Waals surface area contributed by atoms with Gasteiger partial charge in [-0.05, 0) is 36.4 Å². The number of hydrogen-bond acceptors (Lipinski definition) is 5. The molecule has 0 atom stereocenters. The van der Waals surface area contributed by atoms with Crippen molar-refractivity contribution in [2.45, 2.75) is 23.1 Å². The third-order valence-corrected chi connectivity index (χ3v) is 7.79. The molecule has 0 spiro atoms. The molecule has 0 bridgehead atoms. The van der Waals surface area contributed by atoms with Crippen LogP contribution in [0, 0.1) is 0 Å². The fourth-order valence-corrected chi connectivity index (χ4v) is 5.91. The average Bonchev–Trinajstić information content (AvgIpc) is 3.17. The first-order chi connectivity index (χ1) is 12.8. The summed E-state index contributed by atoms with van der Waals surface area (Å²) < 4.78 is 32.7. The summed E-state index contributed by atoms with van der Waals surface area (Å²) >= 11 is 13.4. The zero-order valence-corrected chi connectivity index (χ0v) is 17.6. The fourth-order valence-electron chi connectivity index (χ4n) is 2.96. The fraction of sp³-hybridized carbons (Fsp3) is 0.353. The Bertz CT molecular complexity index is 901. The maximum absolute atomic E-state index is 12.7. The summed E-state index contributed by atoms with van der Waals surface area (Å²) in [6.45, 7) is 0.884. The van der Waals surface area contributed by atoms with Crippen LogP contribution in [0.25, 0.3) is 0 Å². The molecular formula is C17H18Cl2N2O4S2. The largest absolute Gasteiger partial charge is 0.494 e. The Labute approximate surface area is 172 Å². The first-order valence-corrected chi connectivity index (χ1v) is 11.3. The SMILES string of the molecule is COc1c(Cl)cc(C(=O)N2CCC(NS(=O)(=O)c3cccs3)CC2)cc1Cl. The topological polar surface area (TPSA) is 75.7 Å². The molecule has 6 nitrogen and oxygen atoms in total. The van der Waals surface area contributed by atoms with Crippen LogP contribution in [0.15, 0.2) is 33.9 Å². The summed E-state index contributed by atoms with van der Waals surface area (Å²) in [5.41, 5.74) is 0.378. The lowest BCUT2D eigenvalue weighted by Gasteiger charge is -2.32. The number of amides is 1. The van der Waals surface area contributed by atoms with E-state index in [9.17, 15) is 13.2 Å². The number of piperidine rings is 1. The van der Waals surface area contributed by atoms with Crippen LogP contribution in [0.3, 0.4) is 0 Å². The van der Waals surface area contributed by atoms with Crippen molar-refractivity contribution >= 4 is 50.5 Å². The molecule has 0 radical (unpaired) electrons. The molecule has 1 aliphatic rings. The zero-order chi connectivity index (χ0) is 19.6. The van der Waals surface area contributed by atoms with E-state index in [1.54, 1.807) is 22.4 Å². The Kier molecular flexibility index (Phi) is 6.32. The van der Waals surface area contributed by atoms with Gasteiger partial charge in [0.1, 0.15) is 4.21 Å². The monoisotopic (exact) mass is 448 g/mol. The number of likely N-dealkylation sites (tertiary alicyclic amines) is 1. The smallest absolute Gasteiger partial charge is 0.253 e. The Morgan fingerprint density at radius 3 is 2.41 bits per heavy atom. The molecule has 1 fully saturated rings. The standard InChI is InChI=1S/C17H18Cl2N2O4S2/c1-25-16-13(18)9-11(10-14(16)19)17(22)21-6-4-12(5-7-21)20-27(23,24)15-3-2-8-26-15/h2-3,8-10,12,20H,4-7H2,1H3. The molecule has 0 unspecified atom stereocenters. The second-order valence-corrected chi connectivity index (χ2v) is 9.80. The van der Waals surface area contributed by atoms with E-state index < -0.39 is 10.0 Å². The van der Waals surface area contributed by atoms with E-state index in [-0.39, 0.29) is 22.0 Å². The normalized spacial score (nSPS) is 15.7. The predicted molar refractivity (Wildman–Crippen MR) is 107 cm³/mol. The molecule has 1 aromatic heterocycles. The molecular weight excluding hydrogens is 431 g/mol. The van der Waals surface area contributed by atoms with E-state index in [1.807, 2.05) is 0 Å². The van der Waals surface area contributed by atoms with Crippen LogP contribution >= 0.6 is 34.5 Å². The lowest BCUT2D eigenvalue weighted by Crippen LogP contribution is -2.46. The van der Waals surface area contributed by atoms with E-state index in [4.69, 9.17) is 27.9 Å². The summed E-state index contributed by atoms with van der Waals surface area (Å²) in [6, 6.07) is 6.12. The number of nitrogens with one attached hydrogen (secondary N) is 1. The van der Waals surface area contributed by atoms with Gasteiger partial charge in [0.25, 0.3) is 5.91 Å². The highest BCUT2D eigenvalue weighted by Crippen LogP contribution is 2.34. The number of sulfonamides is 1. The van der Waals surface area contributed by atoms with Crippen LogP contribution in [0.5, 0.6) is 5.75 Å². The number of methoxy groups -OCH3 is 1. The Hall–Kier alpha value is -1.32. The van der Waals surface area contributed by atoms with Crippen LogP contribution in [0.1, 0.15) is 23.2 Å². The number of benzene rings is 1. The second-order valence-electron chi connectivity index (χ2n) is 6.09. The van der Waals surface area contributed by atoms with Crippen molar-refractivity contribution in [1.29, 1.82) is 0 Å². The number of ether oxygens (including phenoxy) is 1. The molecule has 1 amide bonds. The van der Waals surface area contributed by atoms with Gasteiger partial charge in [-0.3, -0.25) is 4.79 Å². The molecule has 146 valence electrons. The Balaban J connectivity index is 1.63. The third kappa shape index (κ3) is 4.57. The number of nitrogens with zero attached hydrogens (tertiary/aromatic N) is 1. The molecule has 10 heteroatoms. The highest BCUT2D eigenvalue weighted by Gasteiger charge is 2.28. The van der Waals surface area contributed by atoms with E-state index in [0.717, 1.165) is 0 Å². The van der Waals surface area contributed by atoms with Gasteiger partial charge >= 0.3 is 0 Å². The first-order valence-electron chi connectivity index (χ1n) is 8.20. The number of hydrogen-bond donors (Lipinski definition) is 1. The van der Waals surface area contributed by atoms with Crippen molar-refractivity contribution in [3.05, 3.63) is 45.3 Å². The van der Waals surface area contributed by atoms with Crippen LogP contribution in [-0.2, 0) is 10.0 Å². The van der Waals surface area contributed by atoms with Crippen LogP contribution in [-0.4, -0.2) is 45.5 Å². The van der Waals surface area contributed by atoms with Crippen LogP contribution in [0.2, 0.25) is 10.0 Å². The van der Waals surface area contributed by atoms with Gasteiger partial charge in [0, 0.05) is 24.7 Å². The minimum atomic E-state index is -3.51. The van der Waals surface area contributed by atoms with Crippen molar-refractivity contribution in [3.8, 4) is 5.75 Å². The quantitative estimate of drug-likeness (QED) is 0.756. The number of halogens is 2. The highest BCUT2D eigenvalue weighted by atomic mass is 35.5. The highest BCUT2D eigenvalue weighted by molar-refractivity contribution is 7.91. The number of carbonyl (C=O) groups excluding carboxylic acids is 1. The summed E-state index contributed by atoms with van der Waals surface area (Å²) in [6.07, 6.45) is 1.07. The van der Waals surface area contributed by atoms with Gasteiger partial charge in [0.05, 0.1) is 17.2 Å². The molecule has 1 aromatic carbocycles. The average molecular weight is 449 g/mol. The zero-order valence-electron chi connectivity index (χ0n) is 14.4.